The molecular weight excluding hydrogens is 369 g/mol. The molecule has 0 radical (unpaired) electrons. The van der Waals surface area contributed by atoms with Crippen LogP contribution in [0, 0.1) is 33.7 Å². The Balaban J connectivity index is 1.32. The van der Waals surface area contributed by atoms with Gasteiger partial charge in [-0.2, -0.15) is 0 Å². The normalized spacial score (nSPS) is 30.0. The Morgan fingerprint density at radius 2 is 1.79 bits per heavy atom. The summed E-state index contributed by atoms with van der Waals surface area (Å²) in [7, 11) is 0. The monoisotopic (exact) mass is 391 g/mol. The van der Waals surface area contributed by atoms with E-state index in [-0.39, 0.29) is 11.3 Å². The number of rotatable bonds is 5. The number of nitrogens with one attached hydrogen (secondary N) is 2. The minimum absolute atomic E-state index is 0.235. The number of amides is 3. The number of nitro groups is 1. The van der Waals surface area contributed by atoms with E-state index >= 15 is 0 Å². The number of hydrogen-bond acceptors (Lipinski definition) is 5. The predicted molar refractivity (Wildman–Crippen MR) is 96.1 cm³/mol. The van der Waals surface area contributed by atoms with Crippen LogP contribution in [0.5, 0.6) is 5.75 Å². The minimum Gasteiger partial charge on any atom is -0.477 e. The lowest BCUT2D eigenvalue weighted by molar-refractivity contribution is -0.385. The van der Waals surface area contributed by atoms with Crippen molar-refractivity contribution in [1.82, 2.24) is 10.6 Å². The zero-order valence-electron chi connectivity index (χ0n) is 15.3. The molecular formula is C19H22FN3O5. The van der Waals surface area contributed by atoms with Gasteiger partial charge in [0.15, 0.2) is 6.61 Å². The first kappa shape index (κ1) is 18.6. The number of halogens is 1. The maximum absolute atomic E-state index is 13.3. The molecule has 9 heteroatoms. The summed E-state index contributed by atoms with van der Waals surface area (Å²) in [6, 6.07) is 2.15. The molecule has 4 aliphatic carbocycles. The summed E-state index contributed by atoms with van der Waals surface area (Å²) in [5.41, 5.74) is -0.686. The van der Waals surface area contributed by atoms with Gasteiger partial charge in [-0.25, -0.2) is 9.18 Å². The van der Waals surface area contributed by atoms with E-state index < -0.39 is 35.0 Å². The highest BCUT2D eigenvalue weighted by molar-refractivity contribution is 5.95. The molecule has 4 bridgehead atoms. The van der Waals surface area contributed by atoms with Gasteiger partial charge in [0.05, 0.1) is 4.92 Å². The number of nitro benzene ring substituents is 1. The summed E-state index contributed by atoms with van der Waals surface area (Å²) >= 11 is 0. The highest BCUT2D eigenvalue weighted by Crippen LogP contribution is 2.55. The lowest BCUT2D eigenvalue weighted by Crippen LogP contribution is -2.62. The number of imide groups is 1. The van der Waals surface area contributed by atoms with Gasteiger partial charge >= 0.3 is 11.7 Å². The fourth-order valence-corrected chi connectivity index (χ4v) is 5.60. The zero-order chi connectivity index (χ0) is 19.9. The second-order valence-electron chi connectivity index (χ2n) is 8.36. The van der Waals surface area contributed by atoms with Gasteiger partial charge in [0.2, 0.25) is 5.75 Å². The van der Waals surface area contributed by atoms with Crippen LogP contribution in [0.15, 0.2) is 18.2 Å². The molecule has 2 N–H and O–H groups in total. The van der Waals surface area contributed by atoms with Crippen molar-refractivity contribution in [3.63, 3.8) is 0 Å². The smallest absolute Gasteiger partial charge is 0.321 e. The van der Waals surface area contributed by atoms with Crippen LogP contribution >= 0.6 is 0 Å². The van der Waals surface area contributed by atoms with E-state index in [9.17, 15) is 24.1 Å². The summed E-state index contributed by atoms with van der Waals surface area (Å²) in [5.74, 6) is 0.125. The second-order valence-corrected chi connectivity index (χ2v) is 8.36. The molecule has 1 aromatic carbocycles. The van der Waals surface area contributed by atoms with Crippen LogP contribution < -0.4 is 15.4 Å². The number of urea groups is 1. The van der Waals surface area contributed by atoms with Crippen molar-refractivity contribution in [3.05, 3.63) is 34.1 Å². The summed E-state index contributed by atoms with van der Waals surface area (Å²) in [5, 5.41) is 16.2. The van der Waals surface area contributed by atoms with Crippen LogP contribution in [0.3, 0.4) is 0 Å². The molecule has 1 aromatic rings. The van der Waals surface area contributed by atoms with Gasteiger partial charge in [-0.05, 0) is 62.3 Å². The maximum atomic E-state index is 13.3. The molecule has 5 rings (SSSR count). The van der Waals surface area contributed by atoms with Gasteiger partial charge in [-0.15, -0.1) is 0 Å². The highest BCUT2D eigenvalue weighted by atomic mass is 19.1. The molecule has 0 unspecified atom stereocenters. The van der Waals surface area contributed by atoms with E-state index in [2.05, 4.69) is 10.6 Å². The molecule has 8 nitrogen and oxygen atoms in total. The number of ether oxygens (including phenoxy) is 1. The third kappa shape index (κ3) is 3.79. The van der Waals surface area contributed by atoms with Gasteiger partial charge in [0, 0.05) is 17.7 Å². The molecule has 4 aliphatic rings. The minimum atomic E-state index is -0.749. The Hall–Kier alpha value is -2.71. The van der Waals surface area contributed by atoms with Crippen molar-refractivity contribution in [2.45, 2.75) is 44.1 Å². The largest absolute Gasteiger partial charge is 0.477 e. The van der Waals surface area contributed by atoms with Gasteiger partial charge in [0.25, 0.3) is 5.91 Å². The van der Waals surface area contributed by atoms with Crippen molar-refractivity contribution >= 4 is 17.6 Å². The predicted octanol–water partition coefficient (Wildman–Crippen LogP) is 2.91. The van der Waals surface area contributed by atoms with Gasteiger partial charge in [0.1, 0.15) is 5.82 Å². The van der Waals surface area contributed by atoms with Crippen LogP contribution in [0.4, 0.5) is 14.9 Å². The molecule has 0 aromatic heterocycles. The number of nitrogens with zero attached hydrogens (tertiary/aromatic N) is 1. The number of hydrogen-bond donors (Lipinski definition) is 2. The van der Waals surface area contributed by atoms with Crippen molar-refractivity contribution in [2.24, 2.45) is 17.8 Å². The third-order valence-electron chi connectivity index (χ3n) is 6.15. The van der Waals surface area contributed by atoms with Crippen molar-refractivity contribution in [2.75, 3.05) is 6.61 Å². The highest BCUT2D eigenvalue weighted by Gasteiger charge is 2.51. The fourth-order valence-electron chi connectivity index (χ4n) is 5.60. The third-order valence-corrected chi connectivity index (χ3v) is 6.15. The Bertz CT molecular complexity index is 793. The zero-order valence-corrected chi connectivity index (χ0v) is 15.3. The van der Waals surface area contributed by atoms with Crippen LogP contribution in [-0.2, 0) is 4.79 Å². The summed E-state index contributed by atoms with van der Waals surface area (Å²) in [6.45, 7) is -0.626. The Morgan fingerprint density at radius 1 is 1.18 bits per heavy atom. The molecule has 4 saturated carbocycles. The van der Waals surface area contributed by atoms with E-state index in [1.54, 1.807) is 0 Å². The molecule has 3 amide bonds. The first-order valence-corrected chi connectivity index (χ1v) is 9.51. The van der Waals surface area contributed by atoms with E-state index in [1.165, 1.54) is 19.3 Å². The number of carbonyl (C=O) groups excluding carboxylic acids is 2. The standard InChI is InChI=1S/C19H22FN3O5/c20-14-1-2-15(23(26)27)16(6-14)28-10-17(24)21-18(25)22-19-7-11-3-12(8-19)5-13(4-11)9-19/h1-2,6,11-13H,3-5,7-10H2,(H2,21,22,24,25). The average Bonchev–Trinajstić information content (AvgIpc) is 2.57. The van der Waals surface area contributed by atoms with Gasteiger partial charge < -0.3 is 10.1 Å². The quantitative estimate of drug-likeness (QED) is 0.592. The van der Waals surface area contributed by atoms with Gasteiger partial charge in [-0.3, -0.25) is 20.2 Å². The summed E-state index contributed by atoms with van der Waals surface area (Å²) in [4.78, 5) is 34.5. The molecule has 0 spiro atoms. The van der Waals surface area contributed by atoms with Crippen LogP contribution in [0.2, 0.25) is 0 Å². The van der Waals surface area contributed by atoms with E-state index in [1.807, 2.05) is 0 Å². The lowest BCUT2D eigenvalue weighted by atomic mass is 9.53. The Morgan fingerprint density at radius 3 is 2.36 bits per heavy atom. The number of carbonyl (C=O) groups is 2. The molecule has 0 aliphatic heterocycles. The SMILES string of the molecule is O=C(COc1cc(F)ccc1[N+](=O)[O-])NC(=O)NC12CC3CC(CC(C3)C1)C2. The second kappa shape index (κ2) is 7.03. The topological polar surface area (TPSA) is 111 Å². The lowest BCUT2D eigenvalue weighted by Gasteiger charge is -2.56. The Kier molecular flexibility index (Phi) is 4.68. The molecule has 0 saturated heterocycles. The van der Waals surface area contributed by atoms with Crippen LogP contribution in [0.1, 0.15) is 38.5 Å². The van der Waals surface area contributed by atoms with Crippen LogP contribution in [0.25, 0.3) is 0 Å². The first-order chi connectivity index (χ1) is 13.3. The van der Waals surface area contributed by atoms with Gasteiger partial charge in [-0.1, -0.05) is 0 Å². The van der Waals surface area contributed by atoms with E-state index in [0.717, 1.165) is 37.5 Å². The summed E-state index contributed by atoms with van der Waals surface area (Å²) in [6.07, 6.45) is 6.57. The maximum Gasteiger partial charge on any atom is 0.321 e. The van der Waals surface area contributed by atoms with E-state index in [4.69, 9.17) is 4.74 Å². The average molecular weight is 391 g/mol. The molecule has 28 heavy (non-hydrogen) atoms. The molecule has 4 fully saturated rings. The van der Waals surface area contributed by atoms with Crippen molar-refractivity contribution in [1.29, 1.82) is 0 Å². The molecule has 0 atom stereocenters. The first-order valence-electron chi connectivity index (χ1n) is 9.51. The summed E-state index contributed by atoms with van der Waals surface area (Å²) < 4.78 is 18.4. The van der Waals surface area contributed by atoms with E-state index in [0.29, 0.717) is 17.8 Å². The van der Waals surface area contributed by atoms with Crippen molar-refractivity contribution in [3.8, 4) is 5.75 Å². The Labute approximate surface area is 161 Å². The molecule has 0 heterocycles. The van der Waals surface area contributed by atoms with Crippen molar-refractivity contribution < 1.29 is 23.6 Å². The molecule has 150 valence electrons. The van der Waals surface area contributed by atoms with Crippen LogP contribution in [-0.4, -0.2) is 29.0 Å². The number of benzene rings is 1. The fraction of sp³-hybridized carbons (Fsp3) is 0.579.